The lowest BCUT2D eigenvalue weighted by atomic mass is 9.97. The number of ether oxygens (including phenoxy) is 1. The number of amides is 1. The van der Waals surface area contributed by atoms with Crippen molar-refractivity contribution in [3.8, 4) is 5.75 Å². The topological polar surface area (TPSA) is 67.3 Å². The van der Waals surface area contributed by atoms with E-state index in [9.17, 15) is 4.79 Å². The predicted molar refractivity (Wildman–Crippen MR) is 104 cm³/mol. The van der Waals surface area contributed by atoms with Crippen LogP contribution in [0.15, 0.2) is 24.3 Å². The second kappa shape index (κ2) is 7.64. The van der Waals surface area contributed by atoms with Crippen molar-refractivity contribution >= 4 is 11.7 Å². The highest BCUT2D eigenvalue weighted by atomic mass is 16.5. The molecule has 1 atom stereocenters. The maximum Gasteiger partial charge on any atom is 0.228 e. The molecule has 6 heteroatoms. The minimum Gasteiger partial charge on any atom is -0.497 e. The van der Waals surface area contributed by atoms with Crippen LogP contribution in [0.2, 0.25) is 0 Å². The van der Waals surface area contributed by atoms with E-state index in [1.807, 2.05) is 36.1 Å². The first-order chi connectivity index (χ1) is 13.2. The Kier molecular flexibility index (Phi) is 5.07. The van der Waals surface area contributed by atoms with Crippen molar-refractivity contribution in [1.29, 1.82) is 0 Å². The fraction of sp³-hybridized carbons (Fsp3) is 0.476. The molecule has 0 bridgehead atoms. The Morgan fingerprint density at radius 3 is 2.74 bits per heavy atom. The van der Waals surface area contributed by atoms with Crippen LogP contribution in [0.5, 0.6) is 5.75 Å². The fourth-order valence-corrected chi connectivity index (χ4v) is 3.93. The number of nitrogens with zero attached hydrogens (tertiary/aromatic N) is 3. The number of carbonyl (C=O) groups is 1. The number of nitrogens with one attached hydrogen (secondary N) is 1. The molecule has 1 fully saturated rings. The zero-order valence-corrected chi connectivity index (χ0v) is 16.0. The summed E-state index contributed by atoms with van der Waals surface area (Å²) in [5.41, 5.74) is 3.18. The normalized spacial score (nSPS) is 19.7. The van der Waals surface area contributed by atoms with Crippen molar-refractivity contribution in [2.75, 3.05) is 25.1 Å². The molecule has 1 aromatic heterocycles. The van der Waals surface area contributed by atoms with Crippen molar-refractivity contribution in [2.45, 2.75) is 45.1 Å². The van der Waals surface area contributed by atoms with Crippen molar-refractivity contribution < 1.29 is 9.53 Å². The first-order valence-electron chi connectivity index (χ1n) is 9.67. The van der Waals surface area contributed by atoms with Crippen molar-refractivity contribution in [1.82, 2.24) is 15.3 Å². The van der Waals surface area contributed by atoms with Gasteiger partial charge >= 0.3 is 0 Å². The fourth-order valence-electron chi connectivity index (χ4n) is 3.93. The van der Waals surface area contributed by atoms with Gasteiger partial charge in [-0.1, -0.05) is 12.1 Å². The van der Waals surface area contributed by atoms with Gasteiger partial charge in [-0.3, -0.25) is 9.69 Å². The number of rotatable bonds is 4. The molecule has 2 aliphatic rings. The lowest BCUT2D eigenvalue weighted by Gasteiger charge is -2.31. The quantitative estimate of drug-likeness (QED) is 0.901. The summed E-state index contributed by atoms with van der Waals surface area (Å²) in [6.07, 6.45) is 3.47. The van der Waals surface area contributed by atoms with E-state index >= 15 is 0 Å². The number of fused-ring (bicyclic) bond motifs is 1. The molecule has 1 saturated heterocycles. The number of hydrogen-bond acceptors (Lipinski definition) is 5. The predicted octanol–water partition coefficient (Wildman–Crippen LogP) is 2.74. The molecule has 142 valence electrons. The summed E-state index contributed by atoms with van der Waals surface area (Å²) in [6, 6.07) is 7.85. The van der Waals surface area contributed by atoms with E-state index in [-0.39, 0.29) is 5.91 Å². The Balaban J connectivity index is 1.67. The number of piperidine rings is 1. The maximum atomic E-state index is 12.7. The van der Waals surface area contributed by atoms with Crippen LogP contribution in [0.4, 0.5) is 5.82 Å². The zero-order valence-electron chi connectivity index (χ0n) is 16.0. The summed E-state index contributed by atoms with van der Waals surface area (Å²) in [5.74, 6) is 2.93. The number of aromatic nitrogens is 2. The van der Waals surface area contributed by atoms with Gasteiger partial charge in [0, 0.05) is 30.1 Å². The van der Waals surface area contributed by atoms with Gasteiger partial charge in [0.05, 0.1) is 13.7 Å². The molecule has 3 heterocycles. The van der Waals surface area contributed by atoms with Gasteiger partial charge in [0.2, 0.25) is 5.91 Å². The molecule has 1 amide bonds. The summed E-state index contributed by atoms with van der Waals surface area (Å²) in [7, 11) is 1.65. The molecule has 1 unspecified atom stereocenters. The number of benzene rings is 1. The highest BCUT2D eigenvalue weighted by Gasteiger charge is 2.29. The zero-order chi connectivity index (χ0) is 18.8. The largest absolute Gasteiger partial charge is 0.497 e. The van der Waals surface area contributed by atoms with Gasteiger partial charge < -0.3 is 10.1 Å². The van der Waals surface area contributed by atoms with Gasteiger partial charge in [-0.25, -0.2) is 9.97 Å². The van der Waals surface area contributed by atoms with E-state index in [2.05, 4.69) is 5.32 Å². The molecule has 4 rings (SSSR count). The van der Waals surface area contributed by atoms with Gasteiger partial charge in [-0.15, -0.1) is 0 Å². The summed E-state index contributed by atoms with van der Waals surface area (Å²) in [4.78, 5) is 24.2. The highest BCUT2D eigenvalue weighted by Crippen LogP contribution is 2.32. The van der Waals surface area contributed by atoms with E-state index in [0.29, 0.717) is 18.9 Å². The van der Waals surface area contributed by atoms with Crippen LogP contribution in [-0.4, -0.2) is 36.1 Å². The second-order valence-corrected chi connectivity index (χ2v) is 7.34. The van der Waals surface area contributed by atoms with Gasteiger partial charge in [0.25, 0.3) is 0 Å². The molecule has 0 saturated carbocycles. The molecular formula is C21H26N4O2. The number of aryl methyl sites for hydroxylation is 1. The van der Waals surface area contributed by atoms with E-state index in [4.69, 9.17) is 14.7 Å². The molecule has 2 aliphatic heterocycles. The van der Waals surface area contributed by atoms with Crippen LogP contribution >= 0.6 is 0 Å². The van der Waals surface area contributed by atoms with Crippen LogP contribution in [0, 0.1) is 6.92 Å². The summed E-state index contributed by atoms with van der Waals surface area (Å²) in [5, 5.41) is 3.43. The van der Waals surface area contributed by atoms with E-state index in [1.54, 1.807) is 7.11 Å². The molecule has 27 heavy (non-hydrogen) atoms. The number of anilines is 1. The lowest BCUT2D eigenvalue weighted by molar-refractivity contribution is -0.119. The summed E-state index contributed by atoms with van der Waals surface area (Å²) < 4.78 is 5.23. The van der Waals surface area contributed by atoms with Crippen LogP contribution in [0.3, 0.4) is 0 Å². The van der Waals surface area contributed by atoms with Crippen LogP contribution in [0.1, 0.15) is 47.8 Å². The van der Waals surface area contributed by atoms with E-state index in [0.717, 1.165) is 66.6 Å². The van der Waals surface area contributed by atoms with Crippen LogP contribution in [0.25, 0.3) is 0 Å². The highest BCUT2D eigenvalue weighted by molar-refractivity contribution is 5.95. The van der Waals surface area contributed by atoms with Gasteiger partial charge in [0.1, 0.15) is 17.4 Å². The molecule has 6 nitrogen and oxygen atoms in total. The number of carbonyl (C=O) groups excluding carboxylic acids is 1. The summed E-state index contributed by atoms with van der Waals surface area (Å²) in [6.45, 7) is 4.53. The Labute approximate surface area is 160 Å². The van der Waals surface area contributed by atoms with Crippen LogP contribution < -0.4 is 15.0 Å². The monoisotopic (exact) mass is 366 g/mol. The van der Waals surface area contributed by atoms with E-state index < -0.39 is 0 Å². The Bertz CT molecular complexity index is 829. The van der Waals surface area contributed by atoms with Crippen LogP contribution in [-0.2, 0) is 17.8 Å². The van der Waals surface area contributed by atoms with E-state index in [1.165, 1.54) is 0 Å². The summed E-state index contributed by atoms with van der Waals surface area (Å²) >= 11 is 0. The molecular weight excluding hydrogens is 340 g/mol. The molecule has 0 spiro atoms. The van der Waals surface area contributed by atoms with Crippen molar-refractivity contribution in [3.05, 3.63) is 46.9 Å². The minimum atomic E-state index is 0.129. The molecule has 1 aromatic carbocycles. The van der Waals surface area contributed by atoms with Crippen molar-refractivity contribution in [2.24, 2.45) is 0 Å². The first-order valence-corrected chi connectivity index (χ1v) is 9.67. The van der Waals surface area contributed by atoms with Gasteiger partial charge in [-0.05, 0) is 50.4 Å². The third-order valence-electron chi connectivity index (χ3n) is 5.52. The second-order valence-electron chi connectivity index (χ2n) is 7.34. The SMILES string of the molecule is COc1ccc(CN2C(=O)CCc3c(C)nc(C4CCCNC4)nc32)cc1. The standard InChI is InChI=1S/C21H26N4O2/c1-14-18-9-10-19(26)25(13-15-5-7-17(27-2)8-6-15)21(18)24-20(23-14)16-4-3-11-22-12-16/h5-8,16,22H,3-4,9-13H2,1-2H3. The Hall–Kier alpha value is -2.47. The molecule has 1 N–H and O–H groups in total. The first kappa shape index (κ1) is 17.9. The number of hydrogen-bond donors (Lipinski definition) is 1. The van der Waals surface area contributed by atoms with Crippen molar-refractivity contribution in [3.63, 3.8) is 0 Å². The molecule has 0 aliphatic carbocycles. The third kappa shape index (κ3) is 3.67. The molecule has 0 radical (unpaired) electrons. The minimum absolute atomic E-state index is 0.129. The van der Waals surface area contributed by atoms with Gasteiger partial charge in [-0.2, -0.15) is 0 Å². The maximum absolute atomic E-state index is 12.7. The average molecular weight is 366 g/mol. The average Bonchev–Trinajstić information content (AvgIpc) is 2.71. The lowest BCUT2D eigenvalue weighted by Crippen LogP contribution is -2.37. The van der Waals surface area contributed by atoms with Gasteiger partial charge in [0.15, 0.2) is 0 Å². The Morgan fingerprint density at radius 1 is 1.22 bits per heavy atom. The molecule has 2 aromatic rings. The third-order valence-corrected chi connectivity index (χ3v) is 5.52. The smallest absolute Gasteiger partial charge is 0.228 e. The Morgan fingerprint density at radius 2 is 2.04 bits per heavy atom. The number of methoxy groups -OCH3 is 1.